The van der Waals surface area contributed by atoms with Crippen LogP contribution in [-0.4, -0.2) is 50.6 Å². The van der Waals surface area contributed by atoms with E-state index in [1.807, 2.05) is 25.1 Å². The zero-order chi connectivity index (χ0) is 22.6. The Kier molecular flexibility index (Phi) is 6.41. The molecule has 166 valence electrons. The summed E-state index contributed by atoms with van der Waals surface area (Å²) in [5, 5.41) is 12.5. The average Bonchev–Trinajstić information content (AvgIpc) is 3.24. The molecule has 0 aliphatic carbocycles. The average molecular weight is 455 g/mol. The maximum atomic E-state index is 12.8. The van der Waals surface area contributed by atoms with Crippen LogP contribution in [0.5, 0.6) is 5.75 Å². The molecule has 0 unspecified atom stereocenters. The molecular formula is C22H22N4O5S. The van der Waals surface area contributed by atoms with Crippen molar-refractivity contribution in [1.29, 1.82) is 5.26 Å². The summed E-state index contributed by atoms with van der Waals surface area (Å²) in [6.07, 6.45) is 0. The van der Waals surface area contributed by atoms with Crippen molar-refractivity contribution in [2.45, 2.75) is 11.8 Å². The largest absolute Gasteiger partial charge is 0.494 e. The van der Waals surface area contributed by atoms with Gasteiger partial charge in [0.25, 0.3) is 0 Å². The van der Waals surface area contributed by atoms with Gasteiger partial charge in [0.05, 0.1) is 24.7 Å². The van der Waals surface area contributed by atoms with Gasteiger partial charge in [0.15, 0.2) is 0 Å². The van der Waals surface area contributed by atoms with Crippen LogP contribution in [0.1, 0.15) is 12.6 Å². The molecule has 0 atom stereocenters. The maximum Gasteiger partial charge on any atom is 0.243 e. The molecule has 2 heterocycles. The van der Waals surface area contributed by atoms with Crippen LogP contribution in [0.15, 0.2) is 57.8 Å². The summed E-state index contributed by atoms with van der Waals surface area (Å²) in [5.41, 5.74) is 1.36. The fourth-order valence-corrected chi connectivity index (χ4v) is 4.65. The predicted molar refractivity (Wildman–Crippen MR) is 117 cm³/mol. The van der Waals surface area contributed by atoms with Crippen molar-refractivity contribution in [2.24, 2.45) is 0 Å². The lowest BCUT2D eigenvalue weighted by atomic mass is 10.2. The number of nitrogens with one attached hydrogen (secondary N) is 1. The van der Waals surface area contributed by atoms with Crippen LogP contribution >= 0.6 is 0 Å². The first-order valence-corrected chi connectivity index (χ1v) is 11.5. The van der Waals surface area contributed by atoms with Crippen LogP contribution in [0.3, 0.4) is 0 Å². The Balaban J connectivity index is 1.54. The second-order valence-electron chi connectivity index (χ2n) is 6.93. The molecule has 0 saturated carbocycles. The number of oxazole rings is 1. The molecule has 9 nitrogen and oxygen atoms in total. The number of morpholine rings is 1. The van der Waals surface area contributed by atoms with Gasteiger partial charge in [-0.25, -0.2) is 8.42 Å². The Morgan fingerprint density at radius 1 is 1.12 bits per heavy atom. The minimum Gasteiger partial charge on any atom is -0.494 e. The smallest absolute Gasteiger partial charge is 0.243 e. The number of anilines is 2. The molecule has 4 rings (SSSR count). The number of sulfonamides is 1. The lowest BCUT2D eigenvalue weighted by Crippen LogP contribution is -2.40. The molecule has 3 aromatic rings. The van der Waals surface area contributed by atoms with Crippen molar-refractivity contribution < 1.29 is 22.3 Å². The SMILES string of the molecule is CCOc1ccc(Nc2oc(-c3ccc(S(=O)(=O)N4CCOCC4)cc3)nc2C#N)cc1. The van der Waals surface area contributed by atoms with E-state index in [0.29, 0.717) is 44.2 Å². The molecule has 32 heavy (non-hydrogen) atoms. The van der Waals surface area contributed by atoms with Crippen LogP contribution in [0.25, 0.3) is 11.5 Å². The van der Waals surface area contributed by atoms with Crippen molar-refractivity contribution in [2.75, 3.05) is 38.2 Å². The Hall–Kier alpha value is -3.39. The predicted octanol–water partition coefficient (Wildman–Crippen LogP) is 3.38. The first-order valence-electron chi connectivity index (χ1n) is 10.1. The molecule has 0 radical (unpaired) electrons. The third kappa shape index (κ3) is 4.60. The number of nitriles is 1. The fourth-order valence-electron chi connectivity index (χ4n) is 3.24. The van der Waals surface area contributed by atoms with E-state index < -0.39 is 10.0 Å². The van der Waals surface area contributed by atoms with Crippen molar-refractivity contribution in [3.8, 4) is 23.3 Å². The van der Waals surface area contributed by atoms with Gasteiger partial charge in [-0.3, -0.25) is 0 Å². The molecule has 1 aromatic heterocycles. The van der Waals surface area contributed by atoms with Gasteiger partial charge in [0.1, 0.15) is 11.8 Å². The second-order valence-corrected chi connectivity index (χ2v) is 8.87. The van der Waals surface area contributed by atoms with Crippen LogP contribution in [0, 0.1) is 11.3 Å². The molecule has 1 fully saturated rings. The van der Waals surface area contributed by atoms with Crippen LogP contribution in [0.4, 0.5) is 11.6 Å². The number of hydrogen-bond donors (Lipinski definition) is 1. The highest BCUT2D eigenvalue weighted by Gasteiger charge is 2.26. The Morgan fingerprint density at radius 2 is 1.81 bits per heavy atom. The minimum atomic E-state index is -3.59. The fraction of sp³-hybridized carbons (Fsp3) is 0.273. The highest BCUT2D eigenvalue weighted by Crippen LogP contribution is 2.29. The van der Waals surface area contributed by atoms with Crippen molar-refractivity contribution in [1.82, 2.24) is 9.29 Å². The monoisotopic (exact) mass is 454 g/mol. The Morgan fingerprint density at radius 3 is 2.44 bits per heavy atom. The van der Waals surface area contributed by atoms with Crippen LogP contribution < -0.4 is 10.1 Å². The number of ether oxygens (including phenoxy) is 2. The van der Waals surface area contributed by atoms with E-state index >= 15 is 0 Å². The molecule has 1 N–H and O–H groups in total. The quantitative estimate of drug-likeness (QED) is 0.577. The third-order valence-electron chi connectivity index (χ3n) is 4.87. The zero-order valence-electron chi connectivity index (χ0n) is 17.4. The van der Waals surface area contributed by atoms with Crippen LogP contribution in [-0.2, 0) is 14.8 Å². The molecular weight excluding hydrogens is 432 g/mol. The minimum absolute atomic E-state index is 0.0962. The highest BCUT2D eigenvalue weighted by atomic mass is 32.2. The summed E-state index contributed by atoms with van der Waals surface area (Å²) in [4.78, 5) is 4.42. The Bertz CT molecular complexity index is 1210. The van der Waals surface area contributed by atoms with E-state index in [1.165, 1.54) is 16.4 Å². The summed E-state index contributed by atoms with van der Waals surface area (Å²) in [5.74, 6) is 1.16. The molecule has 10 heteroatoms. The van der Waals surface area contributed by atoms with Gasteiger partial charge in [-0.15, -0.1) is 0 Å². The third-order valence-corrected chi connectivity index (χ3v) is 6.78. The van der Waals surface area contributed by atoms with Gasteiger partial charge in [-0.1, -0.05) is 0 Å². The number of rotatable bonds is 7. The van der Waals surface area contributed by atoms with E-state index in [0.717, 1.165) is 5.75 Å². The van der Waals surface area contributed by atoms with Gasteiger partial charge in [0.2, 0.25) is 27.5 Å². The number of nitrogens with zero attached hydrogens (tertiary/aromatic N) is 3. The van der Waals surface area contributed by atoms with Gasteiger partial charge in [-0.2, -0.15) is 14.6 Å². The van der Waals surface area contributed by atoms with E-state index in [9.17, 15) is 13.7 Å². The van der Waals surface area contributed by atoms with Gasteiger partial charge in [0, 0.05) is 24.3 Å². The molecule has 1 aliphatic heterocycles. The number of aromatic nitrogens is 1. The molecule has 0 bridgehead atoms. The summed E-state index contributed by atoms with van der Waals surface area (Å²) < 4.78 is 43.4. The summed E-state index contributed by atoms with van der Waals surface area (Å²) in [7, 11) is -3.59. The normalized spacial score (nSPS) is 14.6. The van der Waals surface area contributed by atoms with Gasteiger partial charge >= 0.3 is 0 Å². The summed E-state index contributed by atoms with van der Waals surface area (Å²) >= 11 is 0. The summed E-state index contributed by atoms with van der Waals surface area (Å²) in [6, 6.07) is 15.5. The van der Waals surface area contributed by atoms with Gasteiger partial charge in [-0.05, 0) is 55.5 Å². The first-order chi connectivity index (χ1) is 15.5. The topological polar surface area (TPSA) is 118 Å². The molecule has 0 amide bonds. The first kappa shape index (κ1) is 21.8. The van der Waals surface area contributed by atoms with E-state index in [4.69, 9.17) is 13.9 Å². The van der Waals surface area contributed by atoms with Crippen molar-refractivity contribution in [3.05, 3.63) is 54.2 Å². The molecule has 0 spiro atoms. The number of benzene rings is 2. The van der Waals surface area contributed by atoms with E-state index in [2.05, 4.69) is 10.3 Å². The van der Waals surface area contributed by atoms with E-state index in [1.54, 1.807) is 24.3 Å². The summed E-state index contributed by atoms with van der Waals surface area (Å²) in [6.45, 7) is 3.91. The second kappa shape index (κ2) is 9.40. The maximum absolute atomic E-state index is 12.8. The number of hydrogen-bond acceptors (Lipinski definition) is 8. The molecule has 1 aliphatic rings. The van der Waals surface area contributed by atoms with Crippen molar-refractivity contribution in [3.63, 3.8) is 0 Å². The standard InChI is InChI=1S/C22H22N4O5S/c1-2-30-18-7-5-17(6-8-18)24-22-20(15-23)25-21(31-22)16-3-9-19(10-4-16)32(27,28)26-11-13-29-14-12-26/h3-10,24H,2,11-14H2,1H3. The Labute approximate surface area is 186 Å². The zero-order valence-corrected chi connectivity index (χ0v) is 18.3. The lowest BCUT2D eigenvalue weighted by molar-refractivity contribution is 0.0730. The van der Waals surface area contributed by atoms with Gasteiger partial charge < -0.3 is 19.2 Å². The lowest BCUT2D eigenvalue weighted by Gasteiger charge is -2.26. The molecule has 2 aromatic carbocycles. The van der Waals surface area contributed by atoms with Crippen LogP contribution in [0.2, 0.25) is 0 Å². The van der Waals surface area contributed by atoms with Crippen molar-refractivity contribution >= 4 is 21.6 Å². The molecule has 1 saturated heterocycles. The highest BCUT2D eigenvalue weighted by molar-refractivity contribution is 7.89. The van der Waals surface area contributed by atoms with E-state index in [-0.39, 0.29) is 22.4 Å².